The lowest BCUT2D eigenvalue weighted by atomic mass is 9.95. The number of benzene rings is 6. The number of nitrogens with two attached hydrogens (primary N) is 2. The van der Waals surface area contributed by atoms with Crippen molar-refractivity contribution in [3.63, 3.8) is 0 Å². The number of anilines is 2. The maximum absolute atomic E-state index is 13.7. The lowest BCUT2D eigenvalue weighted by Crippen LogP contribution is -2.36. The van der Waals surface area contributed by atoms with Crippen molar-refractivity contribution >= 4 is 56.6 Å². The van der Waals surface area contributed by atoms with Crippen molar-refractivity contribution in [2.45, 2.75) is 62.6 Å². The molecule has 0 aliphatic carbocycles. The number of carbonyl (C=O) groups excluding carboxylic acids is 4. The molecule has 0 aromatic heterocycles. The highest BCUT2D eigenvalue weighted by molar-refractivity contribution is 7.18. The summed E-state index contributed by atoms with van der Waals surface area (Å²) in [5.74, 6) is -6.91. The van der Waals surface area contributed by atoms with Gasteiger partial charge in [0.25, 0.3) is 0 Å². The summed E-state index contributed by atoms with van der Waals surface area (Å²) in [6.45, 7) is -0.983. The number of hydrogen-bond donors (Lipinski definition) is 2. The van der Waals surface area contributed by atoms with Crippen molar-refractivity contribution in [3.05, 3.63) is 179 Å². The van der Waals surface area contributed by atoms with E-state index in [0.717, 1.165) is 0 Å². The molecule has 6 rings (SSSR count). The summed E-state index contributed by atoms with van der Waals surface area (Å²) in [4.78, 5) is 51.2. The molecule has 410 valence electrons. The van der Waals surface area contributed by atoms with Gasteiger partial charge in [0.05, 0.1) is 24.3 Å². The Balaban J connectivity index is 0.956. The molecule has 4 N–H and O–H groups in total. The molecular formula is C56H48F9N2O10P. The van der Waals surface area contributed by atoms with Gasteiger partial charge in [-0.3, -0.25) is 0 Å². The van der Waals surface area contributed by atoms with Crippen LogP contribution in [0.2, 0.25) is 0 Å². The van der Waals surface area contributed by atoms with Crippen LogP contribution in [-0.2, 0) is 32.3 Å². The van der Waals surface area contributed by atoms with Gasteiger partial charge < -0.3 is 39.9 Å². The van der Waals surface area contributed by atoms with Gasteiger partial charge in [0.2, 0.25) is 5.41 Å². The molecule has 6 aromatic carbocycles. The SMILES string of the molecule is Nc1ccc(-c2ccc(N)cc2COC(=O)/C=C/c2ccc(OC(=O)c3ccc(OCCCC(F)(P)C(F)(F)F)cc3)cc2)c(COC(=O)/C=C/c2ccc(OC(=O)c3ccc(OCCCC(F)(F)C(F)(F)F)cc3)cc2)c1. The molecule has 0 fully saturated rings. The van der Waals surface area contributed by atoms with Crippen molar-refractivity contribution < 1.29 is 87.1 Å². The van der Waals surface area contributed by atoms with E-state index in [1.54, 1.807) is 60.7 Å². The molecule has 78 heavy (non-hydrogen) atoms. The van der Waals surface area contributed by atoms with E-state index in [1.807, 2.05) is 0 Å². The van der Waals surface area contributed by atoms with E-state index in [4.69, 9.17) is 39.9 Å². The molecule has 2 unspecified atom stereocenters. The van der Waals surface area contributed by atoms with E-state index in [2.05, 4.69) is 0 Å². The number of nitrogen functional groups attached to an aromatic ring is 2. The standard InChI is InChI=1S/C56H48F9N2O10P/c57-53(58,55(60,61)62)27-1-29-72-43-19-9-37(10-20-43)51(70)76-45-15-3-35(4-16-45)7-25-49(68)74-33-39-31-41(66)13-23-47(39)48-24-14-42(67)32-40(48)34-75-50(69)26-8-36-5-17-46(18-6-36)77-52(71)38-11-21-44(22-12-38)73-30-2-28-54(59,78)56(63,64)65/h3-26,31-32H,1-2,27-30,33-34,66-67,78H2/b25-7+,26-8+. The molecule has 6 aromatic rings. The Labute approximate surface area is 442 Å². The molecular weight excluding hydrogens is 1060 g/mol. The van der Waals surface area contributed by atoms with Gasteiger partial charge in [0.1, 0.15) is 36.2 Å². The van der Waals surface area contributed by atoms with Crippen LogP contribution in [0.15, 0.2) is 146 Å². The van der Waals surface area contributed by atoms with Crippen molar-refractivity contribution in [3.8, 4) is 34.1 Å². The first-order valence-electron chi connectivity index (χ1n) is 23.4. The van der Waals surface area contributed by atoms with Crippen molar-refractivity contribution in [2.75, 3.05) is 24.7 Å². The van der Waals surface area contributed by atoms with Gasteiger partial charge in [-0.05, 0) is 162 Å². The summed E-state index contributed by atoms with van der Waals surface area (Å²) < 4.78 is 148. The fourth-order valence-electron chi connectivity index (χ4n) is 7.00. The first-order chi connectivity index (χ1) is 36.9. The minimum Gasteiger partial charge on any atom is -0.494 e. The van der Waals surface area contributed by atoms with Gasteiger partial charge in [0.15, 0.2) is 0 Å². The number of carbonyl (C=O) groups is 4. The van der Waals surface area contributed by atoms with Gasteiger partial charge in [0, 0.05) is 29.9 Å². The fraction of sp³-hybridized carbons (Fsp3) is 0.214. The third kappa shape index (κ3) is 17.4. The summed E-state index contributed by atoms with van der Waals surface area (Å²) >= 11 is 0. The zero-order valence-electron chi connectivity index (χ0n) is 40.9. The van der Waals surface area contributed by atoms with Crippen LogP contribution < -0.4 is 30.4 Å². The number of rotatable bonds is 23. The van der Waals surface area contributed by atoms with Crippen molar-refractivity contribution in [1.29, 1.82) is 0 Å². The molecule has 0 saturated heterocycles. The van der Waals surface area contributed by atoms with E-state index in [9.17, 15) is 58.7 Å². The van der Waals surface area contributed by atoms with E-state index < -0.39 is 73.4 Å². The monoisotopic (exact) mass is 1110 g/mol. The average molecular weight is 1110 g/mol. The second kappa shape index (κ2) is 26.2. The molecule has 0 spiro atoms. The molecule has 22 heteroatoms. The Kier molecular flexibility index (Phi) is 19.8. The van der Waals surface area contributed by atoms with Crippen LogP contribution in [-0.4, -0.2) is 60.8 Å². The quantitative estimate of drug-likeness (QED) is 0.0118. The zero-order valence-corrected chi connectivity index (χ0v) is 42.0. The lowest BCUT2D eigenvalue weighted by molar-refractivity contribution is -0.284. The molecule has 2 atom stereocenters. The topological polar surface area (TPSA) is 176 Å². The molecule has 0 aliphatic rings. The minimum absolute atomic E-state index is 0.104. The Morgan fingerprint density at radius 2 is 0.846 bits per heavy atom. The van der Waals surface area contributed by atoms with Gasteiger partial charge in [-0.25, -0.2) is 23.6 Å². The Bertz CT molecular complexity index is 2890. The van der Waals surface area contributed by atoms with Crippen molar-refractivity contribution in [1.82, 2.24) is 0 Å². The largest absolute Gasteiger partial charge is 0.494 e. The Morgan fingerprint density at radius 3 is 1.22 bits per heavy atom. The second-order valence-corrected chi connectivity index (χ2v) is 18.1. The summed E-state index contributed by atoms with van der Waals surface area (Å²) in [5, 5.41) is -3.41. The molecule has 0 saturated carbocycles. The normalized spacial score (nSPS) is 12.7. The van der Waals surface area contributed by atoms with Crippen LogP contribution in [0.3, 0.4) is 0 Å². The third-order valence-electron chi connectivity index (χ3n) is 11.2. The van der Waals surface area contributed by atoms with Crippen LogP contribution in [0.5, 0.6) is 23.0 Å². The lowest BCUT2D eigenvalue weighted by Gasteiger charge is -2.23. The highest BCUT2D eigenvalue weighted by atomic mass is 31.0. The van der Waals surface area contributed by atoms with Crippen LogP contribution in [0, 0.1) is 0 Å². The van der Waals surface area contributed by atoms with E-state index in [0.29, 0.717) is 44.8 Å². The van der Waals surface area contributed by atoms with E-state index >= 15 is 0 Å². The molecule has 0 radical (unpaired) electrons. The van der Waals surface area contributed by atoms with Gasteiger partial charge in [-0.1, -0.05) is 45.6 Å². The van der Waals surface area contributed by atoms with Crippen LogP contribution in [0.1, 0.15) is 68.7 Å². The smallest absolute Gasteiger partial charge is 0.453 e. The molecule has 0 heterocycles. The van der Waals surface area contributed by atoms with Crippen LogP contribution >= 0.6 is 9.24 Å². The average Bonchev–Trinajstić information content (AvgIpc) is 3.41. The Hall–Kier alpha value is -8.32. The maximum Gasteiger partial charge on any atom is 0.453 e. The Morgan fingerprint density at radius 1 is 0.474 bits per heavy atom. The van der Waals surface area contributed by atoms with Crippen LogP contribution in [0.4, 0.5) is 50.9 Å². The molecule has 12 nitrogen and oxygen atoms in total. The summed E-state index contributed by atoms with van der Waals surface area (Å²) in [7, 11) is 1.18. The fourth-order valence-corrected chi connectivity index (χ4v) is 7.21. The van der Waals surface area contributed by atoms with Crippen LogP contribution in [0.25, 0.3) is 23.3 Å². The minimum atomic E-state index is -5.65. The highest BCUT2D eigenvalue weighted by Crippen LogP contribution is 2.43. The third-order valence-corrected chi connectivity index (χ3v) is 11.8. The number of ether oxygens (including phenoxy) is 6. The van der Waals surface area contributed by atoms with E-state index in [-0.39, 0.29) is 60.4 Å². The maximum atomic E-state index is 13.7. The highest BCUT2D eigenvalue weighted by Gasteiger charge is 2.56. The second-order valence-electron chi connectivity index (χ2n) is 17.1. The number of hydrogen-bond acceptors (Lipinski definition) is 12. The molecule has 0 amide bonds. The first-order valence-corrected chi connectivity index (χ1v) is 24.0. The molecule has 0 bridgehead atoms. The number of alkyl halides is 9. The van der Waals surface area contributed by atoms with Gasteiger partial charge in [-0.2, -0.15) is 35.1 Å². The predicted molar refractivity (Wildman–Crippen MR) is 274 cm³/mol. The number of halogens is 9. The summed E-state index contributed by atoms with van der Waals surface area (Å²) in [6.07, 6.45) is -8.30. The summed E-state index contributed by atoms with van der Waals surface area (Å²) in [5.41, 5.74) is 16.6. The number of esters is 4. The molecule has 0 aliphatic heterocycles. The predicted octanol–water partition coefficient (Wildman–Crippen LogP) is 13.1. The summed E-state index contributed by atoms with van der Waals surface area (Å²) in [6, 6.07) is 33.3. The zero-order chi connectivity index (χ0) is 56.7. The van der Waals surface area contributed by atoms with Crippen molar-refractivity contribution in [2.24, 2.45) is 0 Å². The van der Waals surface area contributed by atoms with Gasteiger partial charge >= 0.3 is 42.2 Å². The first kappa shape index (κ1) is 58.9. The van der Waals surface area contributed by atoms with E-state index in [1.165, 1.54) is 106 Å². The van der Waals surface area contributed by atoms with Gasteiger partial charge in [-0.15, -0.1) is 0 Å².